The molecule has 0 bridgehead atoms. The zero-order valence-electron chi connectivity index (χ0n) is 16.7. The molecule has 0 aromatic heterocycles. The van der Waals surface area contributed by atoms with E-state index in [2.05, 4.69) is 5.32 Å². The van der Waals surface area contributed by atoms with Crippen LogP contribution in [0.2, 0.25) is 0 Å². The van der Waals surface area contributed by atoms with Crippen LogP contribution < -0.4 is 10.1 Å². The number of hydrogen-bond donors (Lipinski definition) is 1. The van der Waals surface area contributed by atoms with Crippen LogP contribution >= 0.6 is 0 Å². The lowest BCUT2D eigenvalue weighted by Gasteiger charge is -2.16. The predicted molar refractivity (Wildman–Crippen MR) is 111 cm³/mol. The average Bonchev–Trinajstić information content (AvgIpc) is 3.03. The van der Waals surface area contributed by atoms with Gasteiger partial charge in [-0.25, -0.2) is 4.39 Å². The third kappa shape index (κ3) is 4.02. The van der Waals surface area contributed by atoms with E-state index in [1.165, 1.54) is 19.2 Å². The van der Waals surface area contributed by atoms with Crippen LogP contribution in [0.25, 0.3) is 0 Å². The molecule has 6 nitrogen and oxygen atoms in total. The molecule has 1 aliphatic heterocycles. The highest BCUT2D eigenvalue weighted by molar-refractivity contribution is 6.21. The first-order valence-corrected chi connectivity index (χ1v) is 9.62. The Labute approximate surface area is 178 Å². The number of halogens is 1. The molecule has 1 aliphatic rings. The first-order chi connectivity index (χ1) is 15.0. The Morgan fingerprint density at radius 3 is 2.16 bits per heavy atom. The lowest BCUT2D eigenvalue weighted by molar-refractivity contribution is 0.0642. The molecule has 0 atom stereocenters. The highest BCUT2D eigenvalue weighted by atomic mass is 19.1. The Morgan fingerprint density at radius 1 is 0.935 bits per heavy atom. The summed E-state index contributed by atoms with van der Waals surface area (Å²) in [5.74, 6) is -1.09. The van der Waals surface area contributed by atoms with E-state index in [1.54, 1.807) is 54.6 Å². The van der Waals surface area contributed by atoms with Gasteiger partial charge in [0.1, 0.15) is 11.6 Å². The Bertz CT molecular complexity index is 1140. The number of amides is 3. The molecule has 0 fully saturated rings. The maximum atomic E-state index is 13.0. The topological polar surface area (TPSA) is 75.7 Å². The van der Waals surface area contributed by atoms with E-state index in [4.69, 9.17) is 4.74 Å². The van der Waals surface area contributed by atoms with Crippen LogP contribution in [0.3, 0.4) is 0 Å². The second-order valence-electron chi connectivity index (χ2n) is 7.09. The summed E-state index contributed by atoms with van der Waals surface area (Å²) in [6, 6.07) is 17.4. The molecule has 4 rings (SSSR count). The van der Waals surface area contributed by atoms with E-state index >= 15 is 0 Å². The van der Waals surface area contributed by atoms with Crippen LogP contribution in [0, 0.1) is 5.82 Å². The van der Waals surface area contributed by atoms with Crippen molar-refractivity contribution < 1.29 is 23.5 Å². The van der Waals surface area contributed by atoms with Crippen LogP contribution in [0.5, 0.6) is 5.75 Å². The summed E-state index contributed by atoms with van der Waals surface area (Å²) in [5.41, 5.74) is 2.38. The molecule has 0 spiro atoms. The minimum Gasteiger partial charge on any atom is -0.496 e. The van der Waals surface area contributed by atoms with E-state index in [0.717, 1.165) is 10.5 Å². The van der Waals surface area contributed by atoms with Crippen molar-refractivity contribution in [2.45, 2.75) is 13.1 Å². The molecule has 0 saturated carbocycles. The molecule has 0 aliphatic carbocycles. The zero-order chi connectivity index (χ0) is 22.0. The lowest BCUT2D eigenvalue weighted by atomic mass is 10.1. The minimum atomic E-state index is -0.384. The van der Waals surface area contributed by atoms with E-state index in [1.807, 2.05) is 0 Å². The number of methoxy groups -OCH3 is 1. The van der Waals surface area contributed by atoms with Crippen molar-refractivity contribution in [1.29, 1.82) is 0 Å². The number of nitrogens with one attached hydrogen (secondary N) is 1. The van der Waals surface area contributed by atoms with Gasteiger partial charge in [0, 0.05) is 6.54 Å². The molecular weight excluding hydrogens is 399 g/mol. The van der Waals surface area contributed by atoms with Crippen LogP contribution in [-0.2, 0) is 13.1 Å². The van der Waals surface area contributed by atoms with Crippen molar-refractivity contribution in [3.05, 3.63) is 100 Å². The van der Waals surface area contributed by atoms with Gasteiger partial charge in [-0.1, -0.05) is 30.3 Å². The minimum absolute atomic E-state index is 0.0363. The molecule has 1 N–H and O–H groups in total. The Balaban J connectivity index is 1.52. The lowest BCUT2D eigenvalue weighted by Crippen LogP contribution is -2.29. The molecule has 3 aromatic rings. The number of carbonyl (C=O) groups excluding carboxylic acids is 3. The van der Waals surface area contributed by atoms with Gasteiger partial charge in [-0.05, 0) is 47.5 Å². The number of imide groups is 1. The van der Waals surface area contributed by atoms with Crippen LogP contribution in [0.15, 0.2) is 66.7 Å². The van der Waals surface area contributed by atoms with E-state index in [-0.39, 0.29) is 42.2 Å². The number of rotatable bonds is 6. The van der Waals surface area contributed by atoms with Crippen LogP contribution in [0.1, 0.15) is 42.2 Å². The maximum absolute atomic E-state index is 13.0. The Morgan fingerprint density at radius 2 is 1.55 bits per heavy atom. The summed E-state index contributed by atoms with van der Waals surface area (Å²) in [6.07, 6.45) is 0. The standard InChI is InChI=1S/C24H19FN2O4/c1-31-21-11-8-16(14-27-23(29)18-4-2-3-5-19(18)24(27)30)12-20(21)22(28)26-13-15-6-9-17(25)10-7-15/h2-12H,13-14H2,1H3,(H,26,28). The first kappa shape index (κ1) is 20.3. The summed E-state index contributed by atoms with van der Waals surface area (Å²) >= 11 is 0. The average molecular weight is 418 g/mol. The van der Waals surface area contributed by atoms with Gasteiger partial charge in [0.05, 0.1) is 30.3 Å². The Kier molecular flexibility index (Phi) is 5.49. The normalized spacial score (nSPS) is 12.6. The van der Waals surface area contributed by atoms with Crippen molar-refractivity contribution in [3.63, 3.8) is 0 Å². The van der Waals surface area contributed by atoms with Gasteiger partial charge in [-0.2, -0.15) is 0 Å². The molecule has 3 amide bonds. The quantitative estimate of drug-likeness (QED) is 0.621. The molecule has 7 heteroatoms. The summed E-state index contributed by atoms with van der Waals surface area (Å²) in [6.45, 7) is 0.249. The van der Waals surface area contributed by atoms with Crippen LogP contribution in [0.4, 0.5) is 4.39 Å². The monoisotopic (exact) mass is 418 g/mol. The number of ether oxygens (including phenoxy) is 1. The Hall–Kier alpha value is -4.00. The van der Waals surface area contributed by atoms with Gasteiger partial charge >= 0.3 is 0 Å². The highest BCUT2D eigenvalue weighted by Gasteiger charge is 2.35. The first-order valence-electron chi connectivity index (χ1n) is 9.62. The second-order valence-corrected chi connectivity index (χ2v) is 7.09. The van der Waals surface area contributed by atoms with Gasteiger partial charge in [0.15, 0.2) is 0 Å². The van der Waals surface area contributed by atoms with Gasteiger partial charge in [-0.15, -0.1) is 0 Å². The molecule has 0 radical (unpaired) electrons. The fourth-order valence-electron chi connectivity index (χ4n) is 3.48. The van der Waals surface area contributed by atoms with Crippen LogP contribution in [-0.4, -0.2) is 29.7 Å². The van der Waals surface area contributed by atoms with Crippen molar-refractivity contribution in [1.82, 2.24) is 10.2 Å². The van der Waals surface area contributed by atoms with E-state index in [9.17, 15) is 18.8 Å². The summed E-state index contributed by atoms with van der Waals surface area (Å²) in [4.78, 5) is 39.1. The summed E-state index contributed by atoms with van der Waals surface area (Å²) in [5, 5.41) is 2.77. The SMILES string of the molecule is COc1ccc(CN2C(=O)c3ccccc3C2=O)cc1C(=O)NCc1ccc(F)cc1. The molecular formula is C24H19FN2O4. The molecule has 0 unspecified atom stereocenters. The largest absolute Gasteiger partial charge is 0.496 e. The molecule has 31 heavy (non-hydrogen) atoms. The second kappa shape index (κ2) is 8.39. The summed E-state index contributed by atoms with van der Waals surface area (Å²) in [7, 11) is 1.45. The van der Waals surface area contributed by atoms with E-state index < -0.39 is 0 Å². The van der Waals surface area contributed by atoms with Crippen molar-refractivity contribution in [2.75, 3.05) is 7.11 Å². The molecule has 3 aromatic carbocycles. The fraction of sp³-hybridized carbons (Fsp3) is 0.125. The molecule has 0 saturated heterocycles. The van der Waals surface area contributed by atoms with Crippen molar-refractivity contribution in [3.8, 4) is 5.75 Å². The number of hydrogen-bond acceptors (Lipinski definition) is 4. The fourth-order valence-corrected chi connectivity index (χ4v) is 3.48. The smallest absolute Gasteiger partial charge is 0.261 e. The van der Waals surface area contributed by atoms with Gasteiger partial charge < -0.3 is 10.1 Å². The third-order valence-electron chi connectivity index (χ3n) is 5.09. The van der Waals surface area contributed by atoms with Crippen molar-refractivity contribution >= 4 is 17.7 Å². The third-order valence-corrected chi connectivity index (χ3v) is 5.09. The van der Waals surface area contributed by atoms with Gasteiger partial charge in [0.2, 0.25) is 0 Å². The number of benzene rings is 3. The number of carbonyl (C=O) groups is 3. The summed E-state index contributed by atoms with van der Waals surface area (Å²) < 4.78 is 18.3. The zero-order valence-corrected chi connectivity index (χ0v) is 16.7. The van der Waals surface area contributed by atoms with Crippen molar-refractivity contribution in [2.24, 2.45) is 0 Å². The highest BCUT2D eigenvalue weighted by Crippen LogP contribution is 2.26. The number of nitrogens with zero attached hydrogens (tertiary/aromatic N) is 1. The van der Waals surface area contributed by atoms with E-state index in [0.29, 0.717) is 22.4 Å². The predicted octanol–water partition coefficient (Wildman–Crippen LogP) is 3.56. The molecule has 1 heterocycles. The maximum Gasteiger partial charge on any atom is 0.261 e. The van der Waals surface area contributed by atoms with Gasteiger partial charge in [-0.3, -0.25) is 19.3 Å². The number of fused-ring (bicyclic) bond motifs is 1. The molecule has 156 valence electrons. The van der Waals surface area contributed by atoms with Gasteiger partial charge in [0.25, 0.3) is 17.7 Å².